The van der Waals surface area contributed by atoms with Gasteiger partial charge in [0.1, 0.15) is 5.56 Å². The van der Waals surface area contributed by atoms with Crippen molar-refractivity contribution in [2.24, 2.45) is 0 Å². The van der Waals surface area contributed by atoms with E-state index in [9.17, 15) is 32.9 Å². The Morgan fingerprint density at radius 1 is 1.08 bits per heavy atom. The van der Waals surface area contributed by atoms with Crippen LogP contribution in [0.2, 0.25) is 5.02 Å². The Balaban J connectivity index is 1.56. The molecule has 0 atom stereocenters. The van der Waals surface area contributed by atoms with Gasteiger partial charge in [-0.25, -0.2) is 4.79 Å². The number of nitro groups is 1. The maximum absolute atomic E-state index is 13.2. The molecule has 1 aliphatic heterocycles. The number of carbonyl (C=O) groups is 2. The number of benzene rings is 2. The summed E-state index contributed by atoms with van der Waals surface area (Å²) in [4.78, 5) is 38.3. The first kappa shape index (κ1) is 28.1. The molecule has 0 spiro atoms. The summed E-state index contributed by atoms with van der Waals surface area (Å²) >= 11 is 5.91. The number of hydrogen-bond acceptors (Lipinski definition) is 7. The molecule has 9 nitrogen and oxygen atoms in total. The maximum atomic E-state index is 13.2. The number of anilines is 1. The number of amides is 1. The van der Waals surface area contributed by atoms with Crippen LogP contribution in [0.3, 0.4) is 0 Å². The molecule has 37 heavy (non-hydrogen) atoms. The lowest BCUT2D eigenvalue weighted by atomic mass is 10.1. The zero-order valence-corrected chi connectivity index (χ0v) is 20.5. The van der Waals surface area contributed by atoms with Gasteiger partial charge in [0.2, 0.25) is 5.91 Å². The van der Waals surface area contributed by atoms with Crippen LogP contribution in [0.25, 0.3) is 6.08 Å². The summed E-state index contributed by atoms with van der Waals surface area (Å²) in [6.45, 7) is 2.30. The molecule has 1 N–H and O–H groups in total. The van der Waals surface area contributed by atoms with E-state index in [0.29, 0.717) is 55.5 Å². The van der Waals surface area contributed by atoms with Crippen LogP contribution in [0.4, 0.5) is 24.5 Å². The van der Waals surface area contributed by atoms with Crippen LogP contribution in [0, 0.1) is 10.1 Å². The average molecular weight is 541 g/mol. The summed E-state index contributed by atoms with van der Waals surface area (Å²) < 4.78 is 44.4. The minimum atomic E-state index is -4.94. The molecule has 1 fully saturated rings. The second-order valence-electron chi connectivity index (χ2n) is 8.30. The molecule has 2 aromatic carbocycles. The molecule has 0 bridgehead atoms. The number of alkyl halides is 3. The van der Waals surface area contributed by atoms with Gasteiger partial charge in [0.15, 0.2) is 0 Å². The van der Waals surface area contributed by atoms with Crippen LogP contribution in [0.1, 0.15) is 11.1 Å². The van der Waals surface area contributed by atoms with Gasteiger partial charge in [-0.2, -0.15) is 13.2 Å². The van der Waals surface area contributed by atoms with Crippen molar-refractivity contribution in [3.63, 3.8) is 0 Å². The molecule has 0 aromatic heterocycles. The number of nitro benzene ring substituents is 1. The van der Waals surface area contributed by atoms with Crippen molar-refractivity contribution < 1.29 is 32.4 Å². The van der Waals surface area contributed by atoms with Crippen molar-refractivity contribution >= 4 is 40.9 Å². The van der Waals surface area contributed by atoms with Gasteiger partial charge in [0.25, 0.3) is 5.69 Å². The summed E-state index contributed by atoms with van der Waals surface area (Å²) in [6.07, 6.45) is -3.22. The average Bonchev–Trinajstić information content (AvgIpc) is 2.84. The lowest BCUT2D eigenvalue weighted by molar-refractivity contribution is -0.388. The first-order valence-corrected chi connectivity index (χ1v) is 11.5. The minimum Gasteiger partial charge on any atom is -0.466 e. The third-order valence-corrected chi connectivity index (χ3v) is 5.92. The summed E-state index contributed by atoms with van der Waals surface area (Å²) in [7, 11) is 1.30. The first-order valence-electron chi connectivity index (χ1n) is 11.1. The zero-order valence-electron chi connectivity index (χ0n) is 19.8. The quantitative estimate of drug-likeness (QED) is 0.233. The third-order valence-electron chi connectivity index (χ3n) is 5.67. The van der Waals surface area contributed by atoms with Crippen LogP contribution in [0.15, 0.2) is 48.0 Å². The van der Waals surface area contributed by atoms with Crippen molar-refractivity contribution in [2.75, 3.05) is 51.7 Å². The zero-order chi connectivity index (χ0) is 27.2. The largest absolute Gasteiger partial charge is 0.466 e. The second kappa shape index (κ2) is 12.2. The van der Waals surface area contributed by atoms with E-state index in [1.165, 1.54) is 7.11 Å². The predicted molar refractivity (Wildman–Crippen MR) is 131 cm³/mol. The highest BCUT2D eigenvalue weighted by Crippen LogP contribution is 2.37. The Morgan fingerprint density at radius 3 is 2.22 bits per heavy atom. The fourth-order valence-corrected chi connectivity index (χ4v) is 3.94. The van der Waals surface area contributed by atoms with E-state index in [2.05, 4.69) is 5.32 Å². The number of halogens is 4. The van der Waals surface area contributed by atoms with Crippen LogP contribution in [0.5, 0.6) is 0 Å². The molecule has 0 aliphatic carbocycles. The number of rotatable bonds is 8. The Hall–Kier alpha value is -3.48. The molecule has 2 aromatic rings. The normalized spacial score (nSPS) is 15.3. The number of nitrogens with one attached hydrogen (secondary N) is 1. The Bertz CT molecular complexity index is 1180. The molecule has 13 heteroatoms. The standard InChI is InChI=1S/C24H24ClF3N4O5/c1-37-23(34)17(12-16-2-4-18(25)5-3-16)14-30-8-10-31(11-9-30)15-22(33)29-19-6-7-21(32(35)36)20(13-19)24(26,27)28/h2-7,12-13H,8-11,14-15H2,1H3,(H,29,33)/b17-12+. The minimum absolute atomic E-state index is 0.0728. The number of carbonyl (C=O) groups excluding carboxylic acids is 2. The number of piperazine rings is 1. The molecular weight excluding hydrogens is 517 g/mol. The number of methoxy groups -OCH3 is 1. The van der Waals surface area contributed by atoms with Gasteiger partial charge in [0, 0.05) is 49.5 Å². The summed E-state index contributed by atoms with van der Waals surface area (Å²) in [5.41, 5.74) is -1.46. The van der Waals surface area contributed by atoms with Gasteiger partial charge in [0.05, 0.1) is 24.2 Å². The first-order chi connectivity index (χ1) is 17.5. The van der Waals surface area contributed by atoms with Gasteiger partial charge < -0.3 is 10.1 Å². The molecule has 0 radical (unpaired) electrons. The Labute approximate surface area is 215 Å². The topological polar surface area (TPSA) is 105 Å². The van der Waals surface area contributed by atoms with Crippen LogP contribution in [-0.2, 0) is 20.5 Å². The fraction of sp³-hybridized carbons (Fsp3) is 0.333. The molecule has 0 saturated carbocycles. The van der Waals surface area contributed by atoms with Gasteiger partial charge in [-0.3, -0.25) is 24.7 Å². The van der Waals surface area contributed by atoms with E-state index >= 15 is 0 Å². The van der Waals surface area contributed by atoms with Crippen LogP contribution in [-0.4, -0.2) is 73.0 Å². The molecule has 1 aliphatic rings. The van der Waals surface area contributed by atoms with Crippen molar-refractivity contribution in [2.45, 2.75) is 6.18 Å². The SMILES string of the molecule is COC(=O)/C(=C/c1ccc(Cl)cc1)CN1CCN(CC(=O)Nc2ccc([N+](=O)[O-])c(C(F)(F)F)c2)CC1. The van der Waals surface area contributed by atoms with E-state index in [1.54, 1.807) is 30.3 Å². The Kier molecular flexibility index (Phi) is 9.24. The van der Waals surface area contributed by atoms with Crippen molar-refractivity contribution in [3.8, 4) is 0 Å². The highest BCUT2D eigenvalue weighted by Gasteiger charge is 2.38. The number of esters is 1. The fourth-order valence-electron chi connectivity index (χ4n) is 3.81. The van der Waals surface area contributed by atoms with Crippen LogP contribution >= 0.6 is 11.6 Å². The Morgan fingerprint density at radius 2 is 1.68 bits per heavy atom. The van der Waals surface area contributed by atoms with E-state index in [-0.39, 0.29) is 12.2 Å². The molecule has 1 saturated heterocycles. The number of hydrogen-bond donors (Lipinski definition) is 1. The van der Waals surface area contributed by atoms with E-state index < -0.39 is 34.2 Å². The predicted octanol–water partition coefficient (Wildman–Crippen LogP) is 4.08. The molecule has 3 rings (SSSR count). The van der Waals surface area contributed by atoms with E-state index in [4.69, 9.17) is 16.3 Å². The lowest BCUT2D eigenvalue weighted by Crippen LogP contribution is -2.49. The molecule has 0 unspecified atom stereocenters. The van der Waals surface area contributed by atoms with Gasteiger partial charge >= 0.3 is 12.1 Å². The molecule has 1 amide bonds. The molecule has 198 valence electrons. The number of nitrogens with zero attached hydrogens (tertiary/aromatic N) is 3. The van der Waals surface area contributed by atoms with Crippen molar-refractivity contribution in [1.82, 2.24) is 9.80 Å². The van der Waals surface area contributed by atoms with Gasteiger partial charge in [-0.15, -0.1) is 0 Å². The van der Waals surface area contributed by atoms with E-state index in [1.807, 2.05) is 9.80 Å². The monoisotopic (exact) mass is 540 g/mol. The summed E-state index contributed by atoms with van der Waals surface area (Å²) in [5, 5.41) is 13.8. The van der Waals surface area contributed by atoms with Crippen molar-refractivity contribution in [1.29, 1.82) is 0 Å². The molecule has 1 heterocycles. The summed E-state index contributed by atoms with van der Waals surface area (Å²) in [6, 6.07) is 9.32. The van der Waals surface area contributed by atoms with Gasteiger partial charge in [-0.1, -0.05) is 23.7 Å². The lowest BCUT2D eigenvalue weighted by Gasteiger charge is -2.34. The number of ether oxygens (including phenoxy) is 1. The maximum Gasteiger partial charge on any atom is 0.423 e. The highest BCUT2D eigenvalue weighted by atomic mass is 35.5. The van der Waals surface area contributed by atoms with Crippen LogP contribution < -0.4 is 5.32 Å². The third kappa shape index (κ3) is 8.00. The van der Waals surface area contributed by atoms with Crippen molar-refractivity contribution in [3.05, 3.63) is 74.3 Å². The highest BCUT2D eigenvalue weighted by molar-refractivity contribution is 6.30. The second-order valence-corrected chi connectivity index (χ2v) is 8.74. The van der Waals surface area contributed by atoms with Gasteiger partial charge in [-0.05, 0) is 35.9 Å². The van der Waals surface area contributed by atoms with E-state index in [0.717, 1.165) is 11.6 Å². The smallest absolute Gasteiger partial charge is 0.423 e. The molecular formula is C24H24ClF3N4O5. The summed E-state index contributed by atoms with van der Waals surface area (Å²) in [5.74, 6) is -1.01.